The molecule has 5 heteroatoms. The van der Waals surface area contributed by atoms with Gasteiger partial charge in [0.15, 0.2) is 0 Å². The lowest BCUT2D eigenvalue weighted by atomic mass is 10.1. The molecule has 0 aliphatic heterocycles. The van der Waals surface area contributed by atoms with E-state index in [1.807, 2.05) is 12.1 Å². The molecule has 0 radical (unpaired) electrons. The summed E-state index contributed by atoms with van der Waals surface area (Å²) in [6.45, 7) is 5.41. The van der Waals surface area contributed by atoms with Gasteiger partial charge in [-0.1, -0.05) is 18.2 Å². The molecule has 0 N–H and O–H groups in total. The van der Waals surface area contributed by atoms with Gasteiger partial charge in [0.1, 0.15) is 5.60 Å². The molecule has 3 rings (SSSR count). The van der Waals surface area contributed by atoms with Gasteiger partial charge in [-0.2, -0.15) is 10.5 Å². The van der Waals surface area contributed by atoms with Gasteiger partial charge < -0.3 is 4.74 Å². The van der Waals surface area contributed by atoms with E-state index in [1.165, 1.54) is 4.57 Å². The molecule has 0 aliphatic rings. The minimum atomic E-state index is -0.650. The smallest absolute Gasteiger partial charge is 0.419 e. The minimum absolute atomic E-state index is 0.465. The van der Waals surface area contributed by atoms with E-state index in [9.17, 15) is 10.1 Å². The zero-order chi connectivity index (χ0) is 18.9. The van der Waals surface area contributed by atoms with E-state index in [4.69, 9.17) is 10.00 Å². The van der Waals surface area contributed by atoms with Crippen LogP contribution in [0.3, 0.4) is 0 Å². The summed E-state index contributed by atoms with van der Waals surface area (Å²) < 4.78 is 7.03. The summed E-state index contributed by atoms with van der Waals surface area (Å²) in [5.74, 6) is 0. The standard InChI is InChI=1S/C21H17N3O2/c1-21(2,3)26-20(25)24-18-10-15(13-23)6-9-17(18)11-19(24)16-7-4-14(12-22)5-8-16/h4-11H,1-3H3. The molecule has 26 heavy (non-hydrogen) atoms. The summed E-state index contributed by atoms with van der Waals surface area (Å²) in [5, 5.41) is 19.0. The molecule has 0 amide bonds. The second-order valence-electron chi connectivity index (χ2n) is 6.92. The maximum absolute atomic E-state index is 12.9. The number of nitriles is 2. The zero-order valence-electron chi connectivity index (χ0n) is 14.8. The van der Waals surface area contributed by atoms with Crippen LogP contribution in [-0.2, 0) is 4.74 Å². The molecule has 1 aromatic heterocycles. The van der Waals surface area contributed by atoms with Crippen molar-refractivity contribution in [3.63, 3.8) is 0 Å². The fourth-order valence-corrected chi connectivity index (χ4v) is 2.70. The molecule has 128 valence electrons. The lowest BCUT2D eigenvalue weighted by Gasteiger charge is -2.21. The van der Waals surface area contributed by atoms with Gasteiger partial charge in [-0.3, -0.25) is 0 Å². The molecular formula is C21H17N3O2. The van der Waals surface area contributed by atoms with Gasteiger partial charge in [0, 0.05) is 5.39 Å². The van der Waals surface area contributed by atoms with Crippen molar-refractivity contribution in [2.75, 3.05) is 0 Å². The number of carbonyl (C=O) groups is 1. The predicted octanol–water partition coefficient (Wildman–Crippen LogP) is 4.83. The van der Waals surface area contributed by atoms with Gasteiger partial charge in [0.2, 0.25) is 0 Å². The third-order valence-electron chi connectivity index (χ3n) is 3.82. The molecule has 0 saturated carbocycles. The van der Waals surface area contributed by atoms with Crippen LogP contribution in [-0.4, -0.2) is 16.3 Å². The third kappa shape index (κ3) is 3.29. The predicted molar refractivity (Wildman–Crippen MR) is 98.4 cm³/mol. The van der Waals surface area contributed by atoms with E-state index in [-0.39, 0.29) is 0 Å². The molecular weight excluding hydrogens is 326 g/mol. The van der Waals surface area contributed by atoms with E-state index >= 15 is 0 Å². The number of hydrogen-bond donors (Lipinski definition) is 0. The Balaban J connectivity index is 2.24. The van der Waals surface area contributed by atoms with Crippen LogP contribution in [0.4, 0.5) is 4.79 Å². The lowest BCUT2D eigenvalue weighted by molar-refractivity contribution is 0.0547. The Morgan fingerprint density at radius 2 is 1.58 bits per heavy atom. The molecule has 3 aromatic rings. The molecule has 0 spiro atoms. The SMILES string of the molecule is CC(C)(C)OC(=O)n1c(-c2ccc(C#N)cc2)cc2ccc(C#N)cc21. The monoisotopic (exact) mass is 343 g/mol. The van der Waals surface area contributed by atoms with E-state index < -0.39 is 11.7 Å². The summed E-state index contributed by atoms with van der Waals surface area (Å²) >= 11 is 0. The fraction of sp³-hybridized carbons (Fsp3) is 0.190. The first-order valence-electron chi connectivity index (χ1n) is 8.12. The Bertz CT molecular complexity index is 1070. The molecule has 0 atom stereocenters. The topological polar surface area (TPSA) is 78.8 Å². The van der Waals surface area contributed by atoms with Crippen LogP contribution < -0.4 is 0 Å². The van der Waals surface area contributed by atoms with Gasteiger partial charge in [-0.05, 0) is 56.7 Å². The highest BCUT2D eigenvalue weighted by Crippen LogP contribution is 2.30. The van der Waals surface area contributed by atoms with Crippen molar-refractivity contribution in [1.82, 2.24) is 4.57 Å². The number of hydrogen-bond acceptors (Lipinski definition) is 4. The third-order valence-corrected chi connectivity index (χ3v) is 3.82. The van der Waals surface area contributed by atoms with Gasteiger partial charge in [0.25, 0.3) is 0 Å². The van der Waals surface area contributed by atoms with Crippen LogP contribution in [0.15, 0.2) is 48.5 Å². The quantitative estimate of drug-likeness (QED) is 0.633. The number of fused-ring (bicyclic) bond motifs is 1. The Kier molecular flexibility index (Phi) is 4.24. The van der Waals surface area contributed by atoms with Crippen molar-refractivity contribution in [2.45, 2.75) is 26.4 Å². The zero-order valence-corrected chi connectivity index (χ0v) is 14.8. The summed E-state index contributed by atoms with van der Waals surface area (Å²) in [4.78, 5) is 12.9. The van der Waals surface area contributed by atoms with Crippen LogP contribution in [0.25, 0.3) is 22.2 Å². The number of carbonyl (C=O) groups excluding carboxylic acids is 1. The Hall–Kier alpha value is -3.57. The number of nitrogens with zero attached hydrogens (tertiary/aromatic N) is 3. The van der Waals surface area contributed by atoms with E-state index in [1.54, 1.807) is 57.2 Å². The highest BCUT2D eigenvalue weighted by atomic mass is 16.6. The van der Waals surface area contributed by atoms with Crippen molar-refractivity contribution in [3.05, 3.63) is 59.7 Å². The van der Waals surface area contributed by atoms with E-state index in [0.717, 1.165) is 10.9 Å². The first-order valence-corrected chi connectivity index (χ1v) is 8.12. The average molecular weight is 343 g/mol. The Morgan fingerprint density at radius 1 is 0.962 bits per heavy atom. The normalized spacial score (nSPS) is 11.0. The van der Waals surface area contributed by atoms with Crippen LogP contribution in [0.5, 0.6) is 0 Å². The number of aromatic nitrogens is 1. The maximum atomic E-state index is 12.9. The summed E-state index contributed by atoms with van der Waals surface area (Å²) in [5.41, 5.74) is 2.39. The Morgan fingerprint density at radius 3 is 2.15 bits per heavy atom. The van der Waals surface area contributed by atoms with Crippen molar-refractivity contribution >= 4 is 17.0 Å². The van der Waals surface area contributed by atoms with Crippen molar-refractivity contribution in [1.29, 1.82) is 10.5 Å². The summed E-state index contributed by atoms with van der Waals surface area (Å²) in [6, 6.07) is 18.2. The van der Waals surface area contributed by atoms with Crippen LogP contribution >= 0.6 is 0 Å². The molecule has 5 nitrogen and oxygen atoms in total. The van der Waals surface area contributed by atoms with Crippen LogP contribution in [0.2, 0.25) is 0 Å². The van der Waals surface area contributed by atoms with Crippen molar-refractivity contribution < 1.29 is 9.53 Å². The van der Waals surface area contributed by atoms with Crippen LogP contribution in [0, 0.1) is 22.7 Å². The second kappa shape index (κ2) is 6.38. The van der Waals surface area contributed by atoms with E-state index in [0.29, 0.717) is 22.3 Å². The molecule has 1 heterocycles. The fourth-order valence-electron chi connectivity index (χ4n) is 2.70. The van der Waals surface area contributed by atoms with Gasteiger partial charge >= 0.3 is 6.09 Å². The summed E-state index contributed by atoms with van der Waals surface area (Å²) in [6.07, 6.45) is -0.512. The number of benzene rings is 2. The molecule has 0 unspecified atom stereocenters. The highest BCUT2D eigenvalue weighted by molar-refractivity contribution is 5.96. The second-order valence-corrected chi connectivity index (χ2v) is 6.92. The maximum Gasteiger partial charge on any atom is 0.419 e. The lowest BCUT2D eigenvalue weighted by Crippen LogP contribution is -2.27. The van der Waals surface area contributed by atoms with Gasteiger partial charge in [0.05, 0.1) is 34.5 Å². The largest absolute Gasteiger partial charge is 0.443 e. The molecule has 0 bridgehead atoms. The first-order chi connectivity index (χ1) is 12.3. The first kappa shape index (κ1) is 17.3. The average Bonchev–Trinajstić information content (AvgIpc) is 2.98. The highest BCUT2D eigenvalue weighted by Gasteiger charge is 2.23. The van der Waals surface area contributed by atoms with Gasteiger partial charge in [-0.15, -0.1) is 0 Å². The number of ether oxygens (including phenoxy) is 1. The summed E-state index contributed by atoms with van der Waals surface area (Å²) in [7, 11) is 0. The number of rotatable bonds is 1. The minimum Gasteiger partial charge on any atom is -0.443 e. The molecule has 0 saturated heterocycles. The van der Waals surface area contributed by atoms with Crippen LogP contribution in [0.1, 0.15) is 31.9 Å². The van der Waals surface area contributed by atoms with Gasteiger partial charge in [-0.25, -0.2) is 9.36 Å². The molecule has 2 aromatic carbocycles. The van der Waals surface area contributed by atoms with E-state index in [2.05, 4.69) is 12.1 Å². The van der Waals surface area contributed by atoms with Crippen molar-refractivity contribution in [2.24, 2.45) is 0 Å². The van der Waals surface area contributed by atoms with Crippen molar-refractivity contribution in [3.8, 4) is 23.4 Å². The Labute approximate surface area is 151 Å². The molecule has 0 aliphatic carbocycles. The molecule has 0 fully saturated rings.